The van der Waals surface area contributed by atoms with Crippen LogP contribution in [0.4, 0.5) is 0 Å². The molecule has 1 heterocycles. The van der Waals surface area contributed by atoms with E-state index in [0.717, 1.165) is 39.4 Å². The Balaban J connectivity index is 2.76. The predicted molar refractivity (Wildman–Crippen MR) is 84.4 cm³/mol. The largest absolute Gasteiger partial charge is 0.496 e. The minimum absolute atomic E-state index is 0.0299. The fourth-order valence-corrected chi connectivity index (χ4v) is 2.51. The maximum absolute atomic E-state index is 12.0. The summed E-state index contributed by atoms with van der Waals surface area (Å²) in [4.78, 5) is 12.0. The molecule has 0 atom stereocenters. The first-order chi connectivity index (χ1) is 9.90. The third-order valence-electron chi connectivity index (χ3n) is 3.96. The molecule has 0 aliphatic heterocycles. The van der Waals surface area contributed by atoms with Crippen molar-refractivity contribution in [1.82, 2.24) is 4.57 Å². The maximum atomic E-state index is 12.0. The fourth-order valence-electron chi connectivity index (χ4n) is 2.51. The smallest absolute Gasteiger partial charge is 0.253 e. The van der Waals surface area contributed by atoms with Crippen LogP contribution < -0.4 is 15.0 Å². The molecule has 0 spiro atoms. The second-order valence-corrected chi connectivity index (χ2v) is 5.20. The van der Waals surface area contributed by atoms with E-state index >= 15 is 0 Å². The lowest BCUT2D eigenvalue weighted by atomic mass is 10.00. The van der Waals surface area contributed by atoms with Crippen molar-refractivity contribution in [3.8, 4) is 22.6 Å². The quantitative estimate of drug-likeness (QED) is 0.871. The molecule has 21 heavy (non-hydrogen) atoms. The second kappa shape index (κ2) is 5.64. The minimum Gasteiger partial charge on any atom is -0.496 e. The Morgan fingerprint density at radius 1 is 0.952 bits per heavy atom. The zero-order valence-corrected chi connectivity index (χ0v) is 13.4. The molecule has 1 aromatic heterocycles. The molecule has 0 N–H and O–H groups in total. The van der Waals surface area contributed by atoms with Crippen LogP contribution in [0, 0.1) is 20.8 Å². The van der Waals surface area contributed by atoms with Crippen molar-refractivity contribution in [2.24, 2.45) is 7.05 Å². The number of hydrogen-bond acceptors (Lipinski definition) is 3. The number of nitrogens with zero attached hydrogens (tertiary/aromatic N) is 1. The number of methoxy groups -OCH3 is 2. The number of pyridine rings is 1. The lowest BCUT2D eigenvalue weighted by molar-refractivity contribution is 0.389. The van der Waals surface area contributed by atoms with Gasteiger partial charge in [-0.15, -0.1) is 0 Å². The molecule has 0 aliphatic rings. The van der Waals surface area contributed by atoms with Gasteiger partial charge in [-0.05, 0) is 44.5 Å². The molecule has 4 heteroatoms. The molecule has 2 rings (SSSR count). The zero-order valence-electron chi connectivity index (χ0n) is 13.4. The first-order valence-corrected chi connectivity index (χ1v) is 6.81. The van der Waals surface area contributed by atoms with E-state index in [4.69, 9.17) is 9.47 Å². The maximum Gasteiger partial charge on any atom is 0.253 e. The molecule has 0 radical (unpaired) electrons. The van der Waals surface area contributed by atoms with Crippen LogP contribution in [-0.2, 0) is 7.05 Å². The van der Waals surface area contributed by atoms with Gasteiger partial charge in [0, 0.05) is 29.4 Å². The van der Waals surface area contributed by atoms with Gasteiger partial charge in [0.2, 0.25) is 0 Å². The minimum atomic E-state index is 0.0299. The first kappa shape index (κ1) is 15.2. The Labute approximate surface area is 124 Å². The Hall–Kier alpha value is -2.23. The van der Waals surface area contributed by atoms with Crippen LogP contribution in [0.1, 0.15) is 16.8 Å². The van der Waals surface area contributed by atoms with Gasteiger partial charge in [-0.2, -0.15) is 0 Å². The number of ether oxygens (including phenoxy) is 2. The van der Waals surface area contributed by atoms with Crippen LogP contribution >= 0.6 is 0 Å². The normalized spacial score (nSPS) is 10.6. The molecule has 4 nitrogen and oxygen atoms in total. The molecule has 0 saturated carbocycles. The van der Waals surface area contributed by atoms with Gasteiger partial charge in [0.1, 0.15) is 11.5 Å². The number of aryl methyl sites for hydroxylation is 1. The molecule has 2 aromatic rings. The molecule has 0 bridgehead atoms. The highest BCUT2D eigenvalue weighted by Gasteiger charge is 2.13. The van der Waals surface area contributed by atoms with Crippen LogP contribution in [0.2, 0.25) is 0 Å². The lowest BCUT2D eigenvalue weighted by Crippen LogP contribution is -2.21. The van der Waals surface area contributed by atoms with E-state index in [9.17, 15) is 4.79 Å². The highest BCUT2D eigenvalue weighted by atomic mass is 16.5. The summed E-state index contributed by atoms with van der Waals surface area (Å²) in [5, 5.41) is 0. The Morgan fingerprint density at radius 3 is 1.95 bits per heavy atom. The van der Waals surface area contributed by atoms with E-state index < -0.39 is 0 Å². The summed E-state index contributed by atoms with van der Waals surface area (Å²) in [6.45, 7) is 5.73. The average molecular weight is 287 g/mol. The van der Waals surface area contributed by atoms with Gasteiger partial charge in [-0.3, -0.25) is 4.79 Å². The molecule has 0 aliphatic carbocycles. The van der Waals surface area contributed by atoms with E-state index in [0.29, 0.717) is 0 Å². The van der Waals surface area contributed by atoms with Crippen molar-refractivity contribution in [3.05, 3.63) is 45.4 Å². The van der Waals surface area contributed by atoms with Crippen molar-refractivity contribution < 1.29 is 9.47 Å². The molecular formula is C17H21NO3. The summed E-state index contributed by atoms with van der Waals surface area (Å²) in [6, 6.07) is 5.87. The van der Waals surface area contributed by atoms with Crippen molar-refractivity contribution in [1.29, 1.82) is 0 Å². The van der Waals surface area contributed by atoms with Gasteiger partial charge in [0.05, 0.1) is 14.2 Å². The summed E-state index contributed by atoms with van der Waals surface area (Å²) >= 11 is 0. The molecule has 1 aromatic carbocycles. The number of hydrogen-bond donors (Lipinski definition) is 0. The molecular weight excluding hydrogens is 266 g/mol. The van der Waals surface area contributed by atoms with Gasteiger partial charge in [-0.25, -0.2) is 0 Å². The summed E-state index contributed by atoms with van der Waals surface area (Å²) in [5.74, 6) is 1.55. The van der Waals surface area contributed by atoms with Crippen molar-refractivity contribution in [2.75, 3.05) is 14.2 Å². The molecule has 0 unspecified atom stereocenters. The first-order valence-electron chi connectivity index (χ1n) is 6.81. The second-order valence-electron chi connectivity index (χ2n) is 5.20. The Kier molecular flexibility index (Phi) is 4.07. The average Bonchev–Trinajstić information content (AvgIpc) is 2.49. The van der Waals surface area contributed by atoms with Crippen LogP contribution in [0.3, 0.4) is 0 Å². The standard InChI is InChI=1S/C17H21NO3/c1-10-7-14(12(3)18(4)17(10)19)13-8-15(20-5)11(2)16(9-13)21-6/h7-9H,1-6H3. The van der Waals surface area contributed by atoms with Gasteiger partial charge < -0.3 is 14.0 Å². The van der Waals surface area contributed by atoms with Gasteiger partial charge in [0.15, 0.2) is 0 Å². The Bertz CT molecular complexity index is 719. The highest BCUT2D eigenvalue weighted by molar-refractivity contribution is 5.71. The van der Waals surface area contributed by atoms with Crippen molar-refractivity contribution >= 4 is 0 Å². The lowest BCUT2D eigenvalue weighted by Gasteiger charge is -2.16. The highest BCUT2D eigenvalue weighted by Crippen LogP contribution is 2.35. The van der Waals surface area contributed by atoms with Crippen LogP contribution in [-0.4, -0.2) is 18.8 Å². The van der Waals surface area contributed by atoms with Gasteiger partial charge in [0.25, 0.3) is 5.56 Å². The number of aromatic nitrogens is 1. The topological polar surface area (TPSA) is 40.5 Å². The number of benzene rings is 1. The van der Waals surface area contributed by atoms with Crippen molar-refractivity contribution in [2.45, 2.75) is 20.8 Å². The number of rotatable bonds is 3. The fraction of sp³-hybridized carbons (Fsp3) is 0.353. The van der Waals surface area contributed by atoms with E-state index in [-0.39, 0.29) is 5.56 Å². The van der Waals surface area contributed by atoms with E-state index in [1.165, 1.54) is 0 Å². The van der Waals surface area contributed by atoms with Crippen LogP contribution in [0.25, 0.3) is 11.1 Å². The molecule has 112 valence electrons. The Morgan fingerprint density at radius 2 is 1.48 bits per heavy atom. The van der Waals surface area contributed by atoms with E-state index in [1.54, 1.807) is 25.8 Å². The van der Waals surface area contributed by atoms with Gasteiger partial charge in [-0.1, -0.05) is 0 Å². The zero-order chi connectivity index (χ0) is 15.7. The molecule has 0 fully saturated rings. The van der Waals surface area contributed by atoms with E-state index in [1.807, 2.05) is 39.0 Å². The SMILES string of the molecule is COc1cc(-c2cc(C)c(=O)n(C)c2C)cc(OC)c1C. The monoisotopic (exact) mass is 287 g/mol. The summed E-state index contributed by atoms with van der Waals surface area (Å²) in [6.07, 6.45) is 0. The van der Waals surface area contributed by atoms with E-state index in [2.05, 4.69) is 0 Å². The van der Waals surface area contributed by atoms with Crippen LogP contribution in [0.15, 0.2) is 23.0 Å². The third kappa shape index (κ3) is 2.53. The summed E-state index contributed by atoms with van der Waals surface area (Å²) < 4.78 is 12.5. The molecule has 0 amide bonds. The van der Waals surface area contributed by atoms with Gasteiger partial charge >= 0.3 is 0 Å². The predicted octanol–water partition coefficient (Wildman–Crippen LogP) is 2.99. The summed E-state index contributed by atoms with van der Waals surface area (Å²) in [7, 11) is 5.08. The summed E-state index contributed by atoms with van der Waals surface area (Å²) in [5.41, 5.74) is 4.61. The van der Waals surface area contributed by atoms with Crippen LogP contribution in [0.5, 0.6) is 11.5 Å². The van der Waals surface area contributed by atoms with Crippen molar-refractivity contribution in [3.63, 3.8) is 0 Å². The molecule has 0 saturated heterocycles. The third-order valence-corrected chi connectivity index (χ3v) is 3.96.